The molecule has 0 saturated heterocycles. The summed E-state index contributed by atoms with van der Waals surface area (Å²) in [5, 5.41) is 12.1. The largest absolute Gasteiger partial charge is 0.494 e. The Morgan fingerprint density at radius 3 is 2.60 bits per heavy atom. The van der Waals surface area contributed by atoms with E-state index in [2.05, 4.69) is 10.3 Å². The standard InChI is InChI=1S/C24H26N2O4/c27-22-8-4-13-25-24(22)26-14-5-15-30-21-11-9-18(10-12-21)16-20(17-23(28)29)19-6-2-1-3-7-19/h1-4,6-7,9-13,20H,5,8,14-17H2,(H,25,26)(H,28,29)/t20-/m1/s1. The summed E-state index contributed by atoms with van der Waals surface area (Å²) in [4.78, 5) is 27.2. The molecule has 0 unspecified atom stereocenters. The molecule has 1 aliphatic heterocycles. The minimum atomic E-state index is -0.798. The van der Waals surface area contributed by atoms with E-state index >= 15 is 0 Å². The number of hydrogen-bond donors (Lipinski definition) is 2. The summed E-state index contributed by atoms with van der Waals surface area (Å²) < 4.78 is 5.75. The second-order valence-corrected chi connectivity index (χ2v) is 7.16. The van der Waals surface area contributed by atoms with Gasteiger partial charge in [0.05, 0.1) is 13.0 Å². The van der Waals surface area contributed by atoms with Crippen molar-refractivity contribution in [2.45, 2.75) is 31.6 Å². The van der Waals surface area contributed by atoms with Crippen LogP contribution < -0.4 is 10.1 Å². The van der Waals surface area contributed by atoms with E-state index in [4.69, 9.17) is 4.74 Å². The second kappa shape index (κ2) is 11.0. The van der Waals surface area contributed by atoms with Gasteiger partial charge in [0.15, 0.2) is 5.84 Å². The van der Waals surface area contributed by atoms with Crippen molar-refractivity contribution in [2.24, 2.45) is 4.99 Å². The zero-order valence-electron chi connectivity index (χ0n) is 16.8. The van der Waals surface area contributed by atoms with Gasteiger partial charge >= 0.3 is 5.97 Å². The molecule has 6 nitrogen and oxygen atoms in total. The number of aliphatic carboxylic acids is 1. The van der Waals surface area contributed by atoms with Crippen LogP contribution in [0.15, 0.2) is 71.9 Å². The van der Waals surface area contributed by atoms with E-state index < -0.39 is 5.97 Å². The molecule has 1 heterocycles. The predicted octanol–water partition coefficient (Wildman–Crippen LogP) is 3.73. The fraction of sp³-hybridized carbons (Fsp3) is 0.292. The molecule has 1 aliphatic rings. The summed E-state index contributed by atoms with van der Waals surface area (Å²) in [6.45, 7) is 1.03. The molecule has 0 aromatic heterocycles. The van der Waals surface area contributed by atoms with E-state index in [1.54, 1.807) is 12.3 Å². The van der Waals surface area contributed by atoms with Gasteiger partial charge in [-0.15, -0.1) is 0 Å². The molecular formula is C24H26N2O4. The van der Waals surface area contributed by atoms with Gasteiger partial charge in [0.1, 0.15) is 5.75 Å². The molecule has 156 valence electrons. The fourth-order valence-electron chi connectivity index (χ4n) is 3.31. The predicted molar refractivity (Wildman–Crippen MR) is 116 cm³/mol. The van der Waals surface area contributed by atoms with Crippen LogP contribution in [0.4, 0.5) is 0 Å². The average molecular weight is 406 g/mol. The molecule has 1 atom stereocenters. The van der Waals surface area contributed by atoms with Crippen molar-refractivity contribution >= 4 is 17.6 Å². The average Bonchev–Trinajstić information content (AvgIpc) is 2.76. The zero-order valence-corrected chi connectivity index (χ0v) is 16.8. The minimum absolute atomic E-state index is 0.00529. The lowest BCUT2D eigenvalue weighted by atomic mass is 9.89. The van der Waals surface area contributed by atoms with Crippen LogP contribution in [-0.2, 0) is 16.0 Å². The highest BCUT2D eigenvalue weighted by atomic mass is 16.5. The third-order valence-electron chi connectivity index (χ3n) is 4.84. The summed E-state index contributed by atoms with van der Waals surface area (Å²) in [6.07, 6.45) is 5.36. The third-order valence-corrected chi connectivity index (χ3v) is 4.84. The van der Waals surface area contributed by atoms with Gasteiger partial charge in [-0.3, -0.25) is 14.6 Å². The molecule has 0 saturated carbocycles. The number of hydrogen-bond acceptors (Lipinski definition) is 4. The third kappa shape index (κ3) is 6.58. The molecule has 2 aromatic rings. The van der Waals surface area contributed by atoms with E-state index in [0.717, 1.165) is 16.9 Å². The van der Waals surface area contributed by atoms with E-state index in [-0.39, 0.29) is 18.1 Å². The summed E-state index contributed by atoms with van der Waals surface area (Å²) in [5.74, 6) is 0.312. The van der Waals surface area contributed by atoms with Crippen molar-refractivity contribution in [1.82, 2.24) is 5.32 Å². The molecule has 0 radical (unpaired) electrons. The number of amidine groups is 1. The van der Waals surface area contributed by atoms with Crippen LogP contribution in [0.25, 0.3) is 0 Å². The Hall–Kier alpha value is -3.41. The van der Waals surface area contributed by atoms with Gasteiger partial charge in [-0.2, -0.15) is 0 Å². The first-order valence-electron chi connectivity index (χ1n) is 10.1. The van der Waals surface area contributed by atoms with Gasteiger partial charge < -0.3 is 15.2 Å². The van der Waals surface area contributed by atoms with Crippen LogP contribution in [0, 0.1) is 0 Å². The molecule has 0 fully saturated rings. The maximum absolute atomic E-state index is 11.6. The van der Waals surface area contributed by atoms with Crippen LogP contribution in [0.1, 0.15) is 36.3 Å². The van der Waals surface area contributed by atoms with Gasteiger partial charge in [0, 0.05) is 19.4 Å². The normalized spacial score (nSPS) is 15.6. The van der Waals surface area contributed by atoms with Gasteiger partial charge in [0.2, 0.25) is 5.78 Å². The zero-order chi connectivity index (χ0) is 21.2. The van der Waals surface area contributed by atoms with Gasteiger partial charge in [-0.05, 0) is 41.8 Å². The van der Waals surface area contributed by atoms with Crippen LogP contribution in [0.3, 0.4) is 0 Å². The smallest absolute Gasteiger partial charge is 0.303 e. The molecule has 0 bridgehead atoms. The lowest BCUT2D eigenvalue weighted by Crippen LogP contribution is -2.30. The highest BCUT2D eigenvalue weighted by Gasteiger charge is 2.16. The van der Waals surface area contributed by atoms with E-state index in [1.807, 2.05) is 54.6 Å². The minimum Gasteiger partial charge on any atom is -0.494 e. The lowest BCUT2D eigenvalue weighted by Gasteiger charge is -2.16. The quantitative estimate of drug-likeness (QED) is 0.587. The van der Waals surface area contributed by atoms with Crippen molar-refractivity contribution in [2.75, 3.05) is 13.2 Å². The Kier molecular flexibility index (Phi) is 7.78. The molecule has 6 heteroatoms. The van der Waals surface area contributed by atoms with Crippen molar-refractivity contribution in [3.05, 3.63) is 78.0 Å². The summed E-state index contributed by atoms with van der Waals surface area (Å²) in [6, 6.07) is 17.5. The molecule has 3 rings (SSSR count). The molecule has 0 aliphatic carbocycles. The number of ether oxygens (including phenoxy) is 1. The number of benzene rings is 2. The molecule has 2 aromatic carbocycles. The van der Waals surface area contributed by atoms with Gasteiger partial charge in [-0.25, -0.2) is 0 Å². The summed E-state index contributed by atoms with van der Waals surface area (Å²) in [5.41, 5.74) is 2.10. The van der Waals surface area contributed by atoms with E-state index in [1.165, 1.54) is 0 Å². The number of rotatable bonds is 10. The second-order valence-electron chi connectivity index (χ2n) is 7.16. The van der Waals surface area contributed by atoms with Crippen LogP contribution >= 0.6 is 0 Å². The highest BCUT2D eigenvalue weighted by molar-refractivity contribution is 6.40. The number of nitrogens with one attached hydrogen (secondary N) is 1. The maximum Gasteiger partial charge on any atom is 0.303 e. The topological polar surface area (TPSA) is 88.0 Å². The van der Waals surface area contributed by atoms with Crippen molar-refractivity contribution in [1.29, 1.82) is 0 Å². The maximum atomic E-state index is 11.6. The Labute approximate surface area is 176 Å². The lowest BCUT2D eigenvalue weighted by molar-refractivity contribution is -0.137. The van der Waals surface area contributed by atoms with Crippen LogP contribution in [0.2, 0.25) is 0 Å². The number of ketones is 1. The number of allylic oxidation sites excluding steroid dienone is 1. The molecule has 0 amide bonds. The first kappa shape index (κ1) is 21.3. The van der Waals surface area contributed by atoms with Crippen LogP contribution in [-0.4, -0.2) is 35.8 Å². The first-order chi connectivity index (χ1) is 14.6. The van der Waals surface area contributed by atoms with Gasteiger partial charge in [-0.1, -0.05) is 48.5 Å². The number of aliphatic imine (C=N–C) groups is 1. The van der Waals surface area contributed by atoms with E-state index in [0.29, 0.717) is 38.2 Å². The molecular weight excluding hydrogens is 380 g/mol. The number of nitrogens with zero attached hydrogens (tertiary/aromatic N) is 1. The summed E-state index contributed by atoms with van der Waals surface area (Å²) >= 11 is 0. The monoisotopic (exact) mass is 406 g/mol. The SMILES string of the molecule is O=C(O)C[C@@H](Cc1ccc(OCCCN=C2NC=CCC2=O)cc1)c1ccccc1. The summed E-state index contributed by atoms with van der Waals surface area (Å²) in [7, 11) is 0. The highest BCUT2D eigenvalue weighted by Crippen LogP contribution is 2.25. The first-order valence-corrected chi connectivity index (χ1v) is 10.1. The van der Waals surface area contributed by atoms with Crippen LogP contribution in [0.5, 0.6) is 5.75 Å². The number of carbonyl (C=O) groups excluding carboxylic acids is 1. The molecule has 2 N–H and O–H groups in total. The Morgan fingerprint density at radius 2 is 1.90 bits per heavy atom. The number of carbonyl (C=O) groups is 2. The Morgan fingerprint density at radius 1 is 1.13 bits per heavy atom. The Balaban J connectivity index is 1.48. The van der Waals surface area contributed by atoms with Crippen molar-refractivity contribution < 1.29 is 19.4 Å². The fourth-order valence-corrected chi connectivity index (χ4v) is 3.31. The Bertz CT molecular complexity index is 905. The molecule has 0 spiro atoms. The van der Waals surface area contributed by atoms with Gasteiger partial charge in [0.25, 0.3) is 0 Å². The number of Topliss-reactive ketones (excluding diaryl/α,β-unsaturated/α-hetero) is 1. The number of carboxylic acid groups (broad SMARTS) is 1. The van der Waals surface area contributed by atoms with E-state index in [9.17, 15) is 14.7 Å². The number of carboxylic acids is 1. The van der Waals surface area contributed by atoms with Crippen molar-refractivity contribution in [3.63, 3.8) is 0 Å². The van der Waals surface area contributed by atoms with Crippen molar-refractivity contribution in [3.8, 4) is 5.75 Å². The molecule has 30 heavy (non-hydrogen) atoms.